The highest BCUT2D eigenvalue weighted by atomic mass is 14.9. The second kappa shape index (κ2) is 4.04. The SMILES string of the molecule is CCNc1c(C)c(C)c(C)c(C)c1C. The van der Waals surface area contributed by atoms with Gasteiger partial charge in [-0.2, -0.15) is 0 Å². The zero-order valence-corrected chi connectivity index (χ0v) is 10.2. The van der Waals surface area contributed by atoms with Crippen LogP contribution in [0.2, 0.25) is 0 Å². The van der Waals surface area contributed by atoms with Crippen LogP contribution in [0, 0.1) is 34.6 Å². The van der Waals surface area contributed by atoms with Crippen molar-refractivity contribution in [2.75, 3.05) is 11.9 Å². The lowest BCUT2D eigenvalue weighted by molar-refractivity contribution is 1.13. The highest BCUT2D eigenvalue weighted by molar-refractivity contribution is 5.64. The van der Waals surface area contributed by atoms with E-state index in [1.807, 2.05) is 0 Å². The van der Waals surface area contributed by atoms with Crippen LogP contribution < -0.4 is 5.32 Å². The number of rotatable bonds is 2. The van der Waals surface area contributed by atoms with Gasteiger partial charge in [-0.1, -0.05) is 0 Å². The minimum atomic E-state index is 0.990. The molecule has 0 radical (unpaired) electrons. The first-order chi connectivity index (χ1) is 6.50. The highest BCUT2D eigenvalue weighted by Gasteiger charge is 2.10. The van der Waals surface area contributed by atoms with Gasteiger partial charge in [-0.15, -0.1) is 0 Å². The van der Waals surface area contributed by atoms with Crippen molar-refractivity contribution in [2.24, 2.45) is 0 Å². The van der Waals surface area contributed by atoms with Gasteiger partial charge in [0.15, 0.2) is 0 Å². The van der Waals surface area contributed by atoms with Crippen molar-refractivity contribution in [3.05, 3.63) is 27.8 Å². The van der Waals surface area contributed by atoms with Gasteiger partial charge < -0.3 is 5.32 Å². The first-order valence-corrected chi connectivity index (χ1v) is 5.31. The second-order valence-corrected chi connectivity index (χ2v) is 4.03. The zero-order chi connectivity index (χ0) is 10.9. The van der Waals surface area contributed by atoms with E-state index in [1.165, 1.54) is 33.5 Å². The molecule has 0 spiro atoms. The lowest BCUT2D eigenvalue weighted by Gasteiger charge is -2.19. The van der Waals surface area contributed by atoms with Crippen LogP contribution in [0.25, 0.3) is 0 Å². The van der Waals surface area contributed by atoms with Gasteiger partial charge in [0.2, 0.25) is 0 Å². The molecular formula is C13H21N. The summed E-state index contributed by atoms with van der Waals surface area (Å²) in [6, 6.07) is 0. The molecule has 1 rings (SSSR count). The molecule has 1 N–H and O–H groups in total. The van der Waals surface area contributed by atoms with E-state index in [4.69, 9.17) is 0 Å². The quantitative estimate of drug-likeness (QED) is 0.752. The molecule has 1 aromatic rings. The summed E-state index contributed by atoms with van der Waals surface area (Å²) in [7, 11) is 0. The van der Waals surface area contributed by atoms with E-state index in [9.17, 15) is 0 Å². The number of anilines is 1. The summed E-state index contributed by atoms with van der Waals surface area (Å²) >= 11 is 0. The van der Waals surface area contributed by atoms with E-state index in [0.29, 0.717) is 0 Å². The molecule has 1 heteroatoms. The lowest BCUT2D eigenvalue weighted by Crippen LogP contribution is -2.05. The topological polar surface area (TPSA) is 12.0 Å². The first kappa shape index (κ1) is 11.1. The molecule has 14 heavy (non-hydrogen) atoms. The van der Waals surface area contributed by atoms with Crippen molar-refractivity contribution in [2.45, 2.75) is 41.5 Å². The molecule has 0 atom stereocenters. The predicted octanol–water partition coefficient (Wildman–Crippen LogP) is 3.66. The Bertz CT molecular complexity index is 322. The molecule has 0 saturated heterocycles. The summed E-state index contributed by atoms with van der Waals surface area (Å²) < 4.78 is 0. The largest absolute Gasteiger partial charge is 0.385 e. The van der Waals surface area contributed by atoms with Crippen molar-refractivity contribution < 1.29 is 0 Å². The lowest BCUT2D eigenvalue weighted by atomic mass is 9.93. The van der Waals surface area contributed by atoms with E-state index in [1.54, 1.807) is 0 Å². The normalized spacial score (nSPS) is 10.4. The highest BCUT2D eigenvalue weighted by Crippen LogP contribution is 2.29. The van der Waals surface area contributed by atoms with Crippen LogP contribution in [0.15, 0.2) is 0 Å². The second-order valence-electron chi connectivity index (χ2n) is 4.03. The van der Waals surface area contributed by atoms with Gasteiger partial charge >= 0.3 is 0 Å². The molecule has 0 aliphatic heterocycles. The fourth-order valence-corrected chi connectivity index (χ4v) is 1.94. The Morgan fingerprint density at radius 1 is 0.714 bits per heavy atom. The van der Waals surface area contributed by atoms with Crippen LogP contribution in [0.5, 0.6) is 0 Å². The number of hydrogen-bond donors (Lipinski definition) is 1. The molecule has 0 fully saturated rings. The Kier molecular flexibility index (Phi) is 3.20. The molecule has 0 heterocycles. The summed E-state index contributed by atoms with van der Waals surface area (Å²) in [5, 5.41) is 3.45. The van der Waals surface area contributed by atoms with E-state index >= 15 is 0 Å². The monoisotopic (exact) mass is 191 g/mol. The van der Waals surface area contributed by atoms with Crippen LogP contribution in [-0.4, -0.2) is 6.54 Å². The fraction of sp³-hybridized carbons (Fsp3) is 0.538. The van der Waals surface area contributed by atoms with Crippen molar-refractivity contribution in [3.63, 3.8) is 0 Å². The van der Waals surface area contributed by atoms with Gasteiger partial charge in [-0.3, -0.25) is 0 Å². The van der Waals surface area contributed by atoms with Crippen LogP contribution in [0.1, 0.15) is 34.7 Å². The average Bonchev–Trinajstić information content (AvgIpc) is 2.19. The Hall–Kier alpha value is -0.980. The Balaban J connectivity index is 3.43. The van der Waals surface area contributed by atoms with Crippen molar-refractivity contribution in [3.8, 4) is 0 Å². The Labute approximate surface area is 87.5 Å². The molecule has 0 aliphatic carbocycles. The third-order valence-corrected chi connectivity index (χ3v) is 3.35. The van der Waals surface area contributed by atoms with Gasteiger partial charge in [0, 0.05) is 12.2 Å². The third-order valence-electron chi connectivity index (χ3n) is 3.35. The number of nitrogens with one attached hydrogen (secondary N) is 1. The van der Waals surface area contributed by atoms with Gasteiger partial charge in [-0.05, 0) is 69.4 Å². The van der Waals surface area contributed by atoms with E-state index < -0.39 is 0 Å². The molecule has 0 unspecified atom stereocenters. The number of hydrogen-bond acceptors (Lipinski definition) is 1. The minimum absolute atomic E-state index is 0.990. The maximum Gasteiger partial charge on any atom is 0.0405 e. The molecule has 78 valence electrons. The van der Waals surface area contributed by atoms with Crippen LogP contribution in [0.4, 0.5) is 5.69 Å². The fourth-order valence-electron chi connectivity index (χ4n) is 1.94. The van der Waals surface area contributed by atoms with Crippen LogP contribution in [0.3, 0.4) is 0 Å². The van der Waals surface area contributed by atoms with Gasteiger partial charge in [0.05, 0.1) is 0 Å². The molecule has 1 nitrogen and oxygen atoms in total. The average molecular weight is 191 g/mol. The first-order valence-electron chi connectivity index (χ1n) is 5.31. The van der Waals surface area contributed by atoms with Crippen molar-refractivity contribution >= 4 is 5.69 Å². The Morgan fingerprint density at radius 3 is 1.43 bits per heavy atom. The van der Waals surface area contributed by atoms with Gasteiger partial charge in [0.1, 0.15) is 0 Å². The summed E-state index contributed by atoms with van der Waals surface area (Å²) in [6.45, 7) is 14.2. The van der Waals surface area contributed by atoms with E-state index in [2.05, 4.69) is 46.9 Å². The summed E-state index contributed by atoms with van der Waals surface area (Å²) in [6.07, 6.45) is 0. The molecule has 0 bridgehead atoms. The molecule has 0 aliphatic rings. The minimum Gasteiger partial charge on any atom is -0.385 e. The standard InChI is InChI=1S/C13H21N/c1-7-14-13-11(5)9(3)8(2)10(4)12(13)6/h14H,7H2,1-6H3. The van der Waals surface area contributed by atoms with Crippen LogP contribution in [-0.2, 0) is 0 Å². The van der Waals surface area contributed by atoms with Crippen molar-refractivity contribution in [1.82, 2.24) is 0 Å². The molecule has 0 aromatic heterocycles. The summed E-state index contributed by atoms with van der Waals surface area (Å²) in [5.41, 5.74) is 8.39. The van der Waals surface area contributed by atoms with E-state index in [0.717, 1.165) is 6.54 Å². The van der Waals surface area contributed by atoms with Crippen molar-refractivity contribution in [1.29, 1.82) is 0 Å². The van der Waals surface area contributed by atoms with E-state index in [-0.39, 0.29) is 0 Å². The molecule has 1 aromatic carbocycles. The maximum absolute atomic E-state index is 3.45. The molecule has 0 saturated carbocycles. The molecular weight excluding hydrogens is 170 g/mol. The molecule has 0 amide bonds. The smallest absolute Gasteiger partial charge is 0.0405 e. The summed E-state index contributed by atoms with van der Waals surface area (Å²) in [5.74, 6) is 0. The third kappa shape index (κ3) is 1.63. The number of benzene rings is 1. The summed E-state index contributed by atoms with van der Waals surface area (Å²) in [4.78, 5) is 0. The zero-order valence-electron chi connectivity index (χ0n) is 10.2. The van der Waals surface area contributed by atoms with Gasteiger partial charge in [0.25, 0.3) is 0 Å². The predicted molar refractivity (Wildman–Crippen MR) is 64.3 cm³/mol. The maximum atomic E-state index is 3.45. The van der Waals surface area contributed by atoms with Gasteiger partial charge in [-0.25, -0.2) is 0 Å². The Morgan fingerprint density at radius 2 is 1.07 bits per heavy atom. The van der Waals surface area contributed by atoms with Crippen LogP contribution >= 0.6 is 0 Å².